The van der Waals surface area contributed by atoms with Gasteiger partial charge in [-0.05, 0) is 53.9 Å². The Morgan fingerprint density at radius 2 is 1.19 bits per heavy atom. The van der Waals surface area contributed by atoms with Crippen LogP contribution in [0.15, 0.2) is 12.4 Å². The van der Waals surface area contributed by atoms with Crippen LogP contribution in [0, 0.1) is 6.67 Å². The van der Waals surface area contributed by atoms with Gasteiger partial charge in [-0.3, -0.25) is 0 Å². The predicted octanol–water partition coefficient (Wildman–Crippen LogP) is 3.51. The van der Waals surface area contributed by atoms with Gasteiger partial charge < -0.3 is 19.3 Å². The Labute approximate surface area is 146 Å². The summed E-state index contributed by atoms with van der Waals surface area (Å²) in [5, 5.41) is 0. The van der Waals surface area contributed by atoms with Crippen LogP contribution in [-0.2, 0) is 29.5 Å². The third kappa shape index (κ3) is 12.5. The van der Waals surface area contributed by atoms with Crippen molar-refractivity contribution in [3.63, 3.8) is 0 Å². The molecule has 0 fully saturated rings. The van der Waals surface area contributed by atoms with Gasteiger partial charge in [0.05, 0.1) is 24.4 Å². The molecule has 0 bridgehead atoms. The average molecular weight is 413 g/mol. The van der Waals surface area contributed by atoms with Gasteiger partial charge in [-0.1, -0.05) is 0 Å². The van der Waals surface area contributed by atoms with E-state index in [4.69, 9.17) is 9.47 Å². The normalized spacial score (nSPS) is 15.3. The van der Waals surface area contributed by atoms with Gasteiger partial charge in [0.15, 0.2) is 0 Å². The number of hydrogen-bond donors (Lipinski definition) is 0. The van der Waals surface area contributed by atoms with Crippen molar-refractivity contribution in [2.75, 3.05) is 26.3 Å². The molecular weight excluding hydrogens is 383 g/mol. The molecule has 1 heterocycles. The molecule has 0 atom stereocenters. The number of ether oxygens (including phenoxy) is 2. The number of rotatable bonds is 6. The van der Waals surface area contributed by atoms with Crippen LogP contribution in [0.3, 0.4) is 0 Å². The van der Waals surface area contributed by atoms with E-state index in [1.807, 2.05) is 0 Å². The molecule has 21 heavy (non-hydrogen) atoms. The summed E-state index contributed by atoms with van der Waals surface area (Å²) in [6.07, 6.45) is 4.15. The Bertz CT molecular complexity index is 273. The van der Waals surface area contributed by atoms with Crippen LogP contribution in [-0.4, -0.2) is 47.3 Å². The molecule has 0 N–H and O–H groups in total. The van der Waals surface area contributed by atoms with Crippen molar-refractivity contribution in [2.45, 2.75) is 52.7 Å². The van der Waals surface area contributed by atoms with E-state index in [2.05, 4.69) is 99.6 Å². The van der Waals surface area contributed by atoms with Gasteiger partial charge in [0.1, 0.15) is 0 Å². The molecule has 0 saturated carbocycles. The summed E-state index contributed by atoms with van der Waals surface area (Å²) in [6.45, 7) is 17.8. The van der Waals surface area contributed by atoms with Crippen molar-refractivity contribution >= 4 is 9.19 Å². The summed E-state index contributed by atoms with van der Waals surface area (Å²) in [5.74, 6) is 0. The molecular formula is C15H29AgClN2O2-. The maximum absolute atomic E-state index is 5.71. The van der Waals surface area contributed by atoms with Crippen molar-refractivity contribution in [1.82, 2.24) is 9.80 Å². The topological polar surface area (TPSA) is 24.9 Å². The second-order valence-corrected chi connectivity index (χ2v) is 6.81. The fraction of sp³-hybridized carbons (Fsp3) is 0.800. The Kier molecular flexibility index (Phi) is 10.3. The molecule has 0 saturated heterocycles. The first-order valence-electron chi connectivity index (χ1n) is 7.10. The fourth-order valence-corrected chi connectivity index (χ4v) is 1.62. The molecule has 1 aliphatic rings. The predicted molar refractivity (Wildman–Crippen MR) is 84.1 cm³/mol. The van der Waals surface area contributed by atoms with Crippen molar-refractivity contribution in [3.8, 4) is 0 Å². The standard InChI is InChI=1S/C15H29N2O2.Ag.ClH/c1-14(2,3)18-11-9-16-7-8-17(13-16)10-12-19-15(4,5)6;;/h7-8,13H,9-12H2,1-6H3;;1H/q-1;+1;/p-1. The Hall–Kier alpha value is 0.290. The van der Waals surface area contributed by atoms with Gasteiger partial charge >= 0.3 is 29.2 Å². The Balaban J connectivity index is 0.00000191. The summed E-state index contributed by atoms with van der Waals surface area (Å²) in [5.41, 5.74) is -0.132. The SMILES string of the molecule is CC(C)(C)OCCN1C=CN(CCOC(C)(C)C)[CH-]1.[Cl][Ag]. The van der Waals surface area contributed by atoms with Gasteiger partial charge in [0.2, 0.25) is 0 Å². The van der Waals surface area contributed by atoms with Crippen LogP contribution >= 0.6 is 9.19 Å². The summed E-state index contributed by atoms with van der Waals surface area (Å²) < 4.78 is 11.4. The quantitative estimate of drug-likeness (QED) is 0.492. The molecule has 0 amide bonds. The molecule has 1 rings (SSSR count). The third-order valence-corrected chi connectivity index (χ3v) is 2.52. The fourth-order valence-electron chi connectivity index (χ4n) is 1.62. The summed E-state index contributed by atoms with van der Waals surface area (Å²) in [6, 6.07) is 0. The van der Waals surface area contributed by atoms with Crippen LogP contribution < -0.4 is 0 Å². The van der Waals surface area contributed by atoms with Crippen LogP contribution in [0.2, 0.25) is 0 Å². The molecule has 1 aliphatic heterocycles. The minimum absolute atomic E-state index is 0.0658. The summed E-state index contributed by atoms with van der Waals surface area (Å²) >= 11 is 2.42. The van der Waals surface area contributed by atoms with E-state index < -0.39 is 0 Å². The van der Waals surface area contributed by atoms with Gasteiger partial charge in [-0.15, -0.1) is 0 Å². The monoisotopic (exact) mass is 411 g/mol. The first-order valence-corrected chi connectivity index (χ1v) is 9.01. The number of halogens is 1. The minimum atomic E-state index is -0.0658. The molecule has 0 aromatic carbocycles. The van der Waals surface area contributed by atoms with Crippen LogP contribution in [0.4, 0.5) is 0 Å². The molecule has 0 unspecified atom stereocenters. The molecule has 0 aromatic rings. The maximum atomic E-state index is 5.71. The van der Waals surface area contributed by atoms with Crippen molar-refractivity contribution < 1.29 is 29.5 Å². The molecule has 4 nitrogen and oxygen atoms in total. The molecule has 130 valence electrons. The van der Waals surface area contributed by atoms with E-state index in [1.165, 1.54) is 0 Å². The molecule has 0 aliphatic carbocycles. The van der Waals surface area contributed by atoms with Crippen molar-refractivity contribution in [1.29, 1.82) is 0 Å². The van der Waals surface area contributed by atoms with E-state index in [-0.39, 0.29) is 11.2 Å². The first-order chi connectivity index (χ1) is 9.66. The average Bonchev–Trinajstić information content (AvgIpc) is 2.76. The number of hydrogen-bond acceptors (Lipinski definition) is 4. The van der Waals surface area contributed by atoms with Gasteiger partial charge in [-0.2, -0.15) is 6.67 Å². The van der Waals surface area contributed by atoms with Gasteiger partial charge in [0, 0.05) is 13.1 Å². The van der Waals surface area contributed by atoms with E-state index >= 15 is 0 Å². The van der Waals surface area contributed by atoms with Crippen molar-refractivity contribution in [3.05, 3.63) is 19.1 Å². The number of nitrogens with zero attached hydrogens (tertiary/aromatic N) is 2. The zero-order chi connectivity index (χ0) is 16.5. The molecule has 0 spiro atoms. The molecule has 0 radical (unpaired) electrons. The molecule has 6 heteroatoms. The Morgan fingerprint density at radius 3 is 1.48 bits per heavy atom. The second kappa shape index (κ2) is 10.1. The first kappa shape index (κ1) is 21.3. The van der Waals surface area contributed by atoms with E-state index in [9.17, 15) is 0 Å². The van der Waals surface area contributed by atoms with E-state index in [0.717, 1.165) is 26.3 Å². The van der Waals surface area contributed by atoms with Crippen LogP contribution in [0.5, 0.6) is 0 Å². The zero-order valence-electron chi connectivity index (χ0n) is 14.0. The van der Waals surface area contributed by atoms with Crippen LogP contribution in [0.25, 0.3) is 0 Å². The Morgan fingerprint density at radius 1 is 0.857 bits per heavy atom. The third-order valence-electron chi connectivity index (χ3n) is 2.52. The summed E-state index contributed by atoms with van der Waals surface area (Å²) in [4.78, 5) is 4.28. The van der Waals surface area contributed by atoms with Crippen LogP contribution in [0.1, 0.15) is 41.5 Å². The zero-order valence-corrected chi connectivity index (χ0v) is 16.2. The summed E-state index contributed by atoms with van der Waals surface area (Å²) in [7, 11) is 4.45. The van der Waals surface area contributed by atoms with Crippen molar-refractivity contribution in [2.24, 2.45) is 0 Å². The molecule has 0 aromatic heterocycles. The second-order valence-electron chi connectivity index (χ2n) is 6.81. The van der Waals surface area contributed by atoms with E-state index in [0.29, 0.717) is 0 Å². The van der Waals surface area contributed by atoms with E-state index in [1.54, 1.807) is 0 Å². The van der Waals surface area contributed by atoms with Gasteiger partial charge in [0.25, 0.3) is 0 Å². The van der Waals surface area contributed by atoms with Gasteiger partial charge in [-0.25, -0.2) is 0 Å².